The molecule has 9 heteroatoms. The molecule has 1 aliphatic heterocycles. The van der Waals surface area contributed by atoms with Gasteiger partial charge in [0, 0.05) is 11.8 Å². The minimum Gasteiger partial charge on any atom is -0.454 e. The number of amides is 1. The van der Waals surface area contributed by atoms with Crippen molar-refractivity contribution in [2.75, 3.05) is 23.0 Å². The van der Waals surface area contributed by atoms with Crippen molar-refractivity contribution < 1.29 is 27.1 Å². The van der Waals surface area contributed by atoms with Crippen LogP contribution in [0.4, 0.5) is 15.8 Å². The summed E-state index contributed by atoms with van der Waals surface area (Å²) in [5.41, 5.74) is 0.599. The topological polar surface area (TPSA) is 84.9 Å². The van der Waals surface area contributed by atoms with Gasteiger partial charge in [0.15, 0.2) is 11.5 Å². The van der Waals surface area contributed by atoms with Crippen molar-refractivity contribution in [1.82, 2.24) is 0 Å². The summed E-state index contributed by atoms with van der Waals surface area (Å²) in [7, 11) is -4.06. The summed E-state index contributed by atoms with van der Waals surface area (Å²) < 4.78 is 51.2. The molecule has 0 spiro atoms. The lowest BCUT2D eigenvalue weighted by Crippen LogP contribution is -2.38. The van der Waals surface area contributed by atoms with Gasteiger partial charge in [-0.2, -0.15) is 0 Å². The first-order chi connectivity index (χ1) is 14.4. The Hall–Kier alpha value is -3.59. The Balaban J connectivity index is 1.61. The Morgan fingerprint density at radius 1 is 0.967 bits per heavy atom. The second-order valence-electron chi connectivity index (χ2n) is 6.42. The normalized spacial score (nSPS) is 12.4. The van der Waals surface area contributed by atoms with Crippen LogP contribution in [0.5, 0.6) is 11.5 Å². The monoisotopic (exact) mass is 428 g/mol. The number of benzene rings is 3. The summed E-state index contributed by atoms with van der Waals surface area (Å²) in [4.78, 5) is 12.7. The van der Waals surface area contributed by atoms with E-state index in [-0.39, 0.29) is 17.4 Å². The number of ether oxygens (including phenoxy) is 2. The first-order valence-electron chi connectivity index (χ1n) is 8.96. The molecule has 3 aromatic rings. The molecule has 7 nitrogen and oxygen atoms in total. The third kappa shape index (κ3) is 4.06. The molecule has 0 atom stereocenters. The summed E-state index contributed by atoms with van der Waals surface area (Å²) >= 11 is 0. The molecular formula is C21H17FN2O5S. The molecule has 1 heterocycles. The van der Waals surface area contributed by atoms with E-state index in [0.717, 1.165) is 16.4 Å². The van der Waals surface area contributed by atoms with E-state index in [0.29, 0.717) is 17.2 Å². The van der Waals surface area contributed by atoms with Crippen LogP contribution in [0, 0.1) is 5.82 Å². The third-order valence-electron chi connectivity index (χ3n) is 4.39. The van der Waals surface area contributed by atoms with E-state index < -0.39 is 28.3 Å². The van der Waals surface area contributed by atoms with Crippen molar-refractivity contribution in [2.24, 2.45) is 0 Å². The number of fused-ring (bicyclic) bond motifs is 1. The number of hydrogen-bond acceptors (Lipinski definition) is 5. The van der Waals surface area contributed by atoms with Crippen LogP contribution in [-0.2, 0) is 14.8 Å². The zero-order chi connectivity index (χ0) is 21.1. The van der Waals surface area contributed by atoms with Crippen LogP contribution in [0.25, 0.3) is 0 Å². The van der Waals surface area contributed by atoms with E-state index in [1.54, 1.807) is 36.4 Å². The van der Waals surface area contributed by atoms with Crippen molar-refractivity contribution in [2.45, 2.75) is 4.90 Å². The zero-order valence-corrected chi connectivity index (χ0v) is 16.4. The van der Waals surface area contributed by atoms with Gasteiger partial charge in [0.05, 0.1) is 10.6 Å². The maximum atomic E-state index is 13.4. The Morgan fingerprint density at radius 3 is 2.40 bits per heavy atom. The van der Waals surface area contributed by atoms with Gasteiger partial charge in [0.25, 0.3) is 10.0 Å². The van der Waals surface area contributed by atoms with Gasteiger partial charge in [-0.1, -0.05) is 18.2 Å². The number of sulfonamides is 1. The molecule has 4 rings (SSSR count). The molecule has 1 amide bonds. The van der Waals surface area contributed by atoms with Crippen molar-refractivity contribution in [3.8, 4) is 11.5 Å². The largest absolute Gasteiger partial charge is 0.454 e. The van der Waals surface area contributed by atoms with Crippen LogP contribution >= 0.6 is 0 Å². The van der Waals surface area contributed by atoms with E-state index in [1.165, 1.54) is 24.3 Å². The first kappa shape index (κ1) is 19.7. The Morgan fingerprint density at radius 2 is 1.67 bits per heavy atom. The van der Waals surface area contributed by atoms with Crippen LogP contribution in [0.2, 0.25) is 0 Å². The van der Waals surface area contributed by atoms with Crippen LogP contribution in [0.3, 0.4) is 0 Å². The highest BCUT2D eigenvalue weighted by atomic mass is 32.2. The number of hydrogen-bond donors (Lipinski definition) is 1. The fourth-order valence-electron chi connectivity index (χ4n) is 2.95. The van der Waals surface area contributed by atoms with Crippen molar-refractivity contribution in [3.63, 3.8) is 0 Å². The zero-order valence-electron chi connectivity index (χ0n) is 15.6. The second kappa shape index (κ2) is 8.03. The van der Waals surface area contributed by atoms with E-state index >= 15 is 0 Å². The fraction of sp³-hybridized carbons (Fsp3) is 0.0952. The maximum absolute atomic E-state index is 13.4. The predicted molar refractivity (Wildman–Crippen MR) is 109 cm³/mol. The number of nitrogens with zero attached hydrogens (tertiary/aromatic N) is 1. The first-order valence-corrected chi connectivity index (χ1v) is 10.4. The summed E-state index contributed by atoms with van der Waals surface area (Å²) in [6, 6.07) is 17.5. The quantitative estimate of drug-likeness (QED) is 0.651. The van der Waals surface area contributed by atoms with Crippen LogP contribution in [-0.4, -0.2) is 27.7 Å². The fourth-order valence-corrected chi connectivity index (χ4v) is 4.39. The molecule has 1 aliphatic rings. The summed E-state index contributed by atoms with van der Waals surface area (Å²) in [5.74, 6) is -0.0361. The van der Waals surface area contributed by atoms with Gasteiger partial charge in [0.2, 0.25) is 12.7 Å². The van der Waals surface area contributed by atoms with E-state index in [2.05, 4.69) is 5.32 Å². The number of nitrogens with one attached hydrogen (secondary N) is 1. The molecule has 0 saturated heterocycles. The summed E-state index contributed by atoms with van der Waals surface area (Å²) in [6.07, 6.45) is 0. The molecule has 0 radical (unpaired) electrons. The predicted octanol–water partition coefficient (Wildman–Crippen LogP) is 3.39. The van der Waals surface area contributed by atoms with Crippen LogP contribution < -0.4 is 19.1 Å². The molecule has 0 bridgehead atoms. The van der Waals surface area contributed by atoms with Crippen molar-refractivity contribution >= 4 is 27.3 Å². The number of rotatable bonds is 6. The Kier molecular flexibility index (Phi) is 5.28. The molecule has 3 aromatic carbocycles. The van der Waals surface area contributed by atoms with E-state index in [4.69, 9.17) is 9.47 Å². The van der Waals surface area contributed by atoms with Gasteiger partial charge in [-0.05, 0) is 48.5 Å². The Bertz CT molecular complexity index is 1170. The lowest BCUT2D eigenvalue weighted by atomic mass is 10.2. The molecule has 0 saturated carbocycles. The maximum Gasteiger partial charge on any atom is 0.264 e. The Labute approximate surface area is 172 Å². The smallest absolute Gasteiger partial charge is 0.264 e. The van der Waals surface area contributed by atoms with E-state index in [9.17, 15) is 17.6 Å². The van der Waals surface area contributed by atoms with Crippen molar-refractivity contribution in [3.05, 3.63) is 78.6 Å². The average Bonchev–Trinajstić information content (AvgIpc) is 3.21. The standard InChI is InChI=1S/C21H17FN2O5S/c22-15-6-9-17(10-7-15)24(30(26,27)18-4-2-1-3-5-18)13-21(25)23-16-8-11-19-20(12-16)29-14-28-19/h1-12H,13-14H2,(H,23,25). The molecule has 0 aromatic heterocycles. The van der Waals surface area contributed by atoms with Gasteiger partial charge in [-0.15, -0.1) is 0 Å². The van der Waals surface area contributed by atoms with Crippen LogP contribution in [0.1, 0.15) is 0 Å². The third-order valence-corrected chi connectivity index (χ3v) is 6.18. The number of carbonyl (C=O) groups excluding carboxylic acids is 1. The second-order valence-corrected chi connectivity index (χ2v) is 8.28. The van der Waals surface area contributed by atoms with Crippen LogP contribution in [0.15, 0.2) is 77.7 Å². The molecule has 1 N–H and O–H groups in total. The average molecular weight is 428 g/mol. The molecule has 30 heavy (non-hydrogen) atoms. The minimum absolute atomic E-state index is 0.0187. The van der Waals surface area contributed by atoms with Gasteiger partial charge in [0.1, 0.15) is 12.4 Å². The number of carbonyl (C=O) groups is 1. The summed E-state index contributed by atoms with van der Waals surface area (Å²) in [6.45, 7) is -0.405. The van der Waals surface area contributed by atoms with Crippen molar-refractivity contribution in [1.29, 1.82) is 0 Å². The summed E-state index contributed by atoms with van der Waals surface area (Å²) in [5, 5.41) is 2.65. The lowest BCUT2D eigenvalue weighted by molar-refractivity contribution is -0.114. The highest BCUT2D eigenvalue weighted by Gasteiger charge is 2.27. The van der Waals surface area contributed by atoms with Gasteiger partial charge in [-0.3, -0.25) is 9.10 Å². The highest BCUT2D eigenvalue weighted by molar-refractivity contribution is 7.92. The van der Waals surface area contributed by atoms with Gasteiger partial charge < -0.3 is 14.8 Å². The lowest BCUT2D eigenvalue weighted by Gasteiger charge is -2.24. The number of anilines is 2. The number of halogens is 1. The SMILES string of the molecule is O=C(CN(c1ccc(F)cc1)S(=O)(=O)c1ccccc1)Nc1ccc2c(c1)OCO2. The molecule has 0 fully saturated rings. The molecule has 0 unspecified atom stereocenters. The minimum atomic E-state index is -4.06. The van der Waals surface area contributed by atoms with E-state index in [1.807, 2.05) is 0 Å². The molecule has 154 valence electrons. The molecular weight excluding hydrogens is 411 g/mol. The highest BCUT2D eigenvalue weighted by Crippen LogP contribution is 2.34. The molecule has 0 aliphatic carbocycles. The van der Waals surface area contributed by atoms with Gasteiger partial charge in [-0.25, -0.2) is 12.8 Å². The van der Waals surface area contributed by atoms with Gasteiger partial charge >= 0.3 is 0 Å².